The van der Waals surface area contributed by atoms with Crippen molar-refractivity contribution in [3.05, 3.63) is 29.8 Å². The summed E-state index contributed by atoms with van der Waals surface area (Å²) in [6.45, 7) is 0. The van der Waals surface area contributed by atoms with Gasteiger partial charge in [0.25, 0.3) is 0 Å². The van der Waals surface area contributed by atoms with E-state index >= 15 is 0 Å². The number of imidazole rings is 1. The van der Waals surface area contributed by atoms with Gasteiger partial charge < -0.3 is 11.1 Å². The summed E-state index contributed by atoms with van der Waals surface area (Å²) in [6.07, 6.45) is 5.60. The van der Waals surface area contributed by atoms with Gasteiger partial charge >= 0.3 is 0 Å². The van der Waals surface area contributed by atoms with Gasteiger partial charge in [0.1, 0.15) is 0 Å². The van der Waals surface area contributed by atoms with Crippen molar-refractivity contribution in [1.82, 2.24) is 19.7 Å². The Labute approximate surface area is 189 Å². The number of rotatable bonds is 7. The number of carbonyl (C=O) groups is 1. The Hall–Kier alpha value is -2.23. The summed E-state index contributed by atoms with van der Waals surface area (Å²) in [5, 5.41) is 3.00. The number of hydrogen-bond donors (Lipinski definition) is 2. The van der Waals surface area contributed by atoms with Crippen LogP contribution in [0.25, 0.3) is 5.78 Å². The zero-order valence-electron chi connectivity index (χ0n) is 18.3. The zero-order chi connectivity index (χ0) is 23.4. The van der Waals surface area contributed by atoms with Crippen LogP contribution >= 0.6 is 0 Å². The highest BCUT2D eigenvalue weighted by Crippen LogP contribution is 2.45. The lowest BCUT2D eigenvalue weighted by atomic mass is 9.79. The Morgan fingerprint density at radius 2 is 1.73 bits per heavy atom. The van der Waals surface area contributed by atoms with Crippen molar-refractivity contribution in [2.45, 2.75) is 81.7 Å². The number of aromatic nitrogens is 3. The van der Waals surface area contributed by atoms with Crippen molar-refractivity contribution in [3.63, 3.8) is 0 Å². The minimum Gasteiger partial charge on any atom is -0.347 e. The molecule has 2 aromatic heterocycles. The summed E-state index contributed by atoms with van der Waals surface area (Å²) in [4.78, 5) is 21.7. The number of halogens is 4. The molecule has 2 atom stereocenters. The summed E-state index contributed by atoms with van der Waals surface area (Å²) in [7, 11) is 0. The molecule has 2 heterocycles. The quantitative estimate of drug-likeness (QED) is 0.585. The van der Waals surface area contributed by atoms with E-state index in [2.05, 4.69) is 15.3 Å². The molecule has 3 aliphatic carbocycles. The number of nitrogens with one attached hydrogen (secondary N) is 1. The van der Waals surface area contributed by atoms with Gasteiger partial charge in [0.15, 0.2) is 0 Å². The minimum absolute atomic E-state index is 0.0496. The average molecular weight is 468 g/mol. The maximum atomic E-state index is 13.5. The third kappa shape index (κ3) is 5.00. The second-order valence-corrected chi connectivity index (χ2v) is 10.2. The highest BCUT2D eigenvalue weighted by Gasteiger charge is 2.46. The largest absolute Gasteiger partial charge is 0.347 e. The van der Waals surface area contributed by atoms with Crippen molar-refractivity contribution in [1.29, 1.82) is 0 Å². The fourth-order valence-corrected chi connectivity index (χ4v) is 5.19. The van der Waals surface area contributed by atoms with E-state index in [0.29, 0.717) is 30.0 Å². The van der Waals surface area contributed by atoms with Gasteiger partial charge in [0.05, 0.1) is 23.5 Å². The van der Waals surface area contributed by atoms with Crippen LogP contribution in [0, 0.1) is 17.8 Å². The summed E-state index contributed by atoms with van der Waals surface area (Å²) in [6, 6.07) is 1.11. The minimum atomic E-state index is -2.63. The molecule has 3 aliphatic rings. The van der Waals surface area contributed by atoms with Crippen molar-refractivity contribution in [2.75, 3.05) is 0 Å². The lowest BCUT2D eigenvalue weighted by Crippen LogP contribution is -2.39. The molecule has 0 bridgehead atoms. The average Bonchev–Trinajstić information content (AvgIpc) is 3.48. The Bertz CT molecular complexity index is 1020. The number of fused-ring (bicyclic) bond motifs is 1. The molecule has 0 spiro atoms. The standard InChI is InChI=1S/C23H29F4N5O/c24-22(25)6-3-14(4-7-22)19(28)17-12-32-8-5-16(29-21(32)30-17)20(15-1-2-15)31-18(33)9-13-10-23(26,27)11-13/h5,8,12-15,19-20H,1-4,6-7,9-11,28H2,(H,31,33)/t19-,20+/m0/s1. The predicted octanol–water partition coefficient (Wildman–Crippen LogP) is 4.56. The molecule has 1 amide bonds. The van der Waals surface area contributed by atoms with Crippen molar-refractivity contribution in [3.8, 4) is 0 Å². The van der Waals surface area contributed by atoms with Crippen molar-refractivity contribution in [2.24, 2.45) is 23.5 Å². The summed E-state index contributed by atoms with van der Waals surface area (Å²) in [5.41, 5.74) is 7.67. The van der Waals surface area contributed by atoms with E-state index in [1.807, 2.05) is 12.3 Å². The zero-order valence-corrected chi connectivity index (χ0v) is 18.3. The third-order valence-corrected chi connectivity index (χ3v) is 7.35. The monoisotopic (exact) mass is 467 g/mol. The summed E-state index contributed by atoms with van der Waals surface area (Å²) in [5.74, 6) is -5.07. The highest BCUT2D eigenvalue weighted by atomic mass is 19.3. The molecule has 33 heavy (non-hydrogen) atoms. The van der Waals surface area contributed by atoms with Crippen LogP contribution in [-0.2, 0) is 4.79 Å². The summed E-state index contributed by atoms with van der Waals surface area (Å²) >= 11 is 0. The maximum absolute atomic E-state index is 13.5. The normalized spacial score (nSPS) is 24.9. The van der Waals surface area contributed by atoms with E-state index < -0.39 is 17.9 Å². The van der Waals surface area contributed by atoms with Gasteiger partial charge in [-0.3, -0.25) is 9.20 Å². The lowest BCUT2D eigenvalue weighted by molar-refractivity contribution is -0.134. The van der Waals surface area contributed by atoms with Crippen LogP contribution in [0.2, 0.25) is 0 Å². The van der Waals surface area contributed by atoms with E-state index in [9.17, 15) is 22.4 Å². The molecule has 3 N–H and O–H groups in total. The van der Waals surface area contributed by atoms with Gasteiger partial charge in [-0.25, -0.2) is 27.5 Å². The molecular weight excluding hydrogens is 438 g/mol. The van der Waals surface area contributed by atoms with E-state index in [1.165, 1.54) is 0 Å². The number of carbonyl (C=O) groups excluding carboxylic acids is 1. The molecule has 0 aromatic carbocycles. The van der Waals surface area contributed by atoms with Crippen LogP contribution in [0.4, 0.5) is 17.6 Å². The second-order valence-electron chi connectivity index (χ2n) is 10.2. The molecule has 3 fully saturated rings. The fraction of sp³-hybridized carbons (Fsp3) is 0.696. The molecule has 0 aliphatic heterocycles. The van der Waals surface area contributed by atoms with Crippen LogP contribution in [0.1, 0.15) is 81.3 Å². The van der Waals surface area contributed by atoms with E-state index in [0.717, 1.165) is 12.8 Å². The predicted molar refractivity (Wildman–Crippen MR) is 113 cm³/mol. The van der Waals surface area contributed by atoms with E-state index in [4.69, 9.17) is 5.73 Å². The number of alkyl halides is 4. The van der Waals surface area contributed by atoms with Crippen molar-refractivity contribution < 1.29 is 22.4 Å². The van der Waals surface area contributed by atoms with Gasteiger partial charge in [0, 0.05) is 44.5 Å². The number of nitrogens with two attached hydrogens (primary N) is 1. The van der Waals surface area contributed by atoms with Crippen LogP contribution in [0.5, 0.6) is 0 Å². The van der Waals surface area contributed by atoms with Crippen LogP contribution in [-0.4, -0.2) is 32.1 Å². The first kappa shape index (κ1) is 22.6. The Morgan fingerprint density at radius 3 is 2.36 bits per heavy atom. The molecule has 2 aromatic rings. The first-order valence-corrected chi connectivity index (χ1v) is 11.7. The van der Waals surface area contributed by atoms with Crippen LogP contribution in [0.15, 0.2) is 18.5 Å². The Balaban J connectivity index is 1.27. The van der Waals surface area contributed by atoms with Gasteiger partial charge in [-0.2, -0.15) is 0 Å². The van der Waals surface area contributed by atoms with E-state index in [1.54, 1.807) is 10.6 Å². The first-order chi connectivity index (χ1) is 15.6. The third-order valence-electron chi connectivity index (χ3n) is 7.35. The maximum Gasteiger partial charge on any atom is 0.248 e. The number of hydrogen-bond acceptors (Lipinski definition) is 4. The van der Waals surface area contributed by atoms with Crippen LogP contribution in [0.3, 0.4) is 0 Å². The van der Waals surface area contributed by atoms with Gasteiger partial charge in [0.2, 0.25) is 23.5 Å². The molecular formula is C23H29F4N5O. The molecule has 5 rings (SSSR count). The molecule has 0 radical (unpaired) electrons. The molecule has 0 unspecified atom stereocenters. The van der Waals surface area contributed by atoms with E-state index in [-0.39, 0.29) is 61.8 Å². The second kappa shape index (κ2) is 8.21. The smallest absolute Gasteiger partial charge is 0.248 e. The van der Waals surface area contributed by atoms with Crippen molar-refractivity contribution >= 4 is 11.7 Å². The van der Waals surface area contributed by atoms with Crippen LogP contribution < -0.4 is 11.1 Å². The first-order valence-electron chi connectivity index (χ1n) is 11.7. The molecule has 3 saturated carbocycles. The SMILES string of the molecule is N[C@H](c1cn2ccc([C@H](NC(=O)CC3CC(F)(F)C3)C3CC3)nc2n1)C1CCC(F)(F)CC1. The molecule has 10 heteroatoms. The van der Waals surface area contributed by atoms with Gasteiger partial charge in [-0.15, -0.1) is 0 Å². The Morgan fingerprint density at radius 1 is 1.06 bits per heavy atom. The molecule has 6 nitrogen and oxygen atoms in total. The number of nitrogens with zero attached hydrogens (tertiary/aromatic N) is 3. The Kier molecular flexibility index (Phi) is 5.61. The number of amides is 1. The van der Waals surface area contributed by atoms with Gasteiger partial charge in [-0.1, -0.05) is 0 Å². The lowest BCUT2D eigenvalue weighted by Gasteiger charge is -2.34. The molecule has 180 valence electrons. The fourth-order valence-electron chi connectivity index (χ4n) is 5.19. The summed E-state index contributed by atoms with van der Waals surface area (Å²) < 4.78 is 54.9. The topological polar surface area (TPSA) is 85.3 Å². The van der Waals surface area contributed by atoms with Gasteiger partial charge in [-0.05, 0) is 49.5 Å². The molecule has 0 saturated heterocycles. The highest BCUT2D eigenvalue weighted by molar-refractivity contribution is 5.77.